The van der Waals surface area contributed by atoms with E-state index in [2.05, 4.69) is 21.9 Å². The lowest BCUT2D eigenvalue weighted by atomic mass is 10.1. The minimum atomic E-state index is -3.84. The molecule has 2 aromatic carbocycles. The number of carbonyl (C=O) groups excluding carboxylic acids is 1. The highest BCUT2D eigenvalue weighted by Gasteiger charge is 2.30. The van der Waals surface area contributed by atoms with E-state index in [0.717, 1.165) is 5.56 Å². The van der Waals surface area contributed by atoms with Crippen LogP contribution in [0.5, 0.6) is 11.5 Å². The molecule has 38 heavy (non-hydrogen) atoms. The van der Waals surface area contributed by atoms with Gasteiger partial charge in [-0.05, 0) is 66.9 Å². The van der Waals surface area contributed by atoms with Crippen LogP contribution in [0.25, 0.3) is 11.3 Å². The summed E-state index contributed by atoms with van der Waals surface area (Å²) in [5.74, 6) is 0.659. The van der Waals surface area contributed by atoms with E-state index in [1.165, 1.54) is 31.6 Å². The first-order chi connectivity index (χ1) is 18.2. The molecule has 0 aliphatic heterocycles. The summed E-state index contributed by atoms with van der Waals surface area (Å²) in [6.07, 6.45) is 4.51. The van der Waals surface area contributed by atoms with Gasteiger partial charge in [0.1, 0.15) is 5.25 Å². The van der Waals surface area contributed by atoms with Crippen LogP contribution in [0.15, 0.2) is 77.8 Å². The van der Waals surface area contributed by atoms with Crippen LogP contribution < -0.4 is 14.8 Å². The number of hydrogen-bond donors (Lipinski definition) is 1. The number of sulfone groups is 1. The van der Waals surface area contributed by atoms with Crippen LogP contribution >= 0.6 is 11.3 Å². The Morgan fingerprint density at radius 3 is 2.29 bits per heavy atom. The van der Waals surface area contributed by atoms with Gasteiger partial charge in [0.15, 0.2) is 26.5 Å². The highest BCUT2D eigenvalue weighted by atomic mass is 32.2. The molecular formula is C28H27N3O5S2. The number of amides is 1. The van der Waals surface area contributed by atoms with Crippen LogP contribution in [-0.2, 0) is 9.84 Å². The van der Waals surface area contributed by atoms with E-state index in [1.807, 2.05) is 5.38 Å². The Hall–Kier alpha value is -4.02. The molecule has 1 unspecified atom stereocenters. The summed E-state index contributed by atoms with van der Waals surface area (Å²) in [6.45, 7) is 7.32. The molecule has 0 bridgehead atoms. The third-order valence-corrected chi connectivity index (χ3v) is 9.10. The average molecular weight is 550 g/mol. The molecule has 8 nitrogen and oxygen atoms in total. The monoisotopic (exact) mass is 549 g/mol. The Balaban J connectivity index is 1.65. The molecule has 0 spiro atoms. The molecule has 0 saturated heterocycles. The topological polar surface area (TPSA) is 107 Å². The normalized spacial score (nSPS) is 12.0. The largest absolute Gasteiger partial charge is 0.493 e. The summed E-state index contributed by atoms with van der Waals surface area (Å²) in [6, 6.07) is 11.8. The number of nitrogens with one attached hydrogen (secondary N) is 1. The third-order valence-electron chi connectivity index (χ3n) is 5.99. The van der Waals surface area contributed by atoms with Crippen molar-refractivity contribution >= 4 is 32.2 Å². The fourth-order valence-electron chi connectivity index (χ4n) is 4.28. The van der Waals surface area contributed by atoms with E-state index < -0.39 is 15.1 Å². The van der Waals surface area contributed by atoms with Crippen LogP contribution in [0.1, 0.15) is 32.3 Å². The van der Waals surface area contributed by atoms with Crippen molar-refractivity contribution in [2.75, 3.05) is 19.5 Å². The Labute approximate surface area is 225 Å². The van der Waals surface area contributed by atoms with Gasteiger partial charge in [0.05, 0.1) is 24.8 Å². The van der Waals surface area contributed by atoms with E-state index >= 15 is 0 Å². The Bertz CT molecular complexity index is 1570. The van der Waals surface area contributed by atoms with Gasteiger partial charge in [-0.25, -0.2) is 13.4 Å². The van der Waals surface area contributed by atoms with Crippen molar-refractivity contribution in [1.82, 2.24) is 9.97 Å². The summed E-state index contributed by atoms with van der Waals surface area (Å²) in [7, 11) is -0.823. The van der Waals surface area contributed by atoms with Crippen LogP contribution in [0.3, 0.4) is 0 Å². The van der Waals surface area contributed by atoms with Gasteiger partial charge < -0.3 is 9.47 Å². The van der Waals surface area contributed by atoms with Gasteiger partial charge in [0.25, 0.3) is 5.91 Å². The quantitative estimate of drug-likeness (QED) is 0.263. The van der Waals surface area contributed by atoms with Crippen LogP contribution in [0.4, 0.5) is 5.13 Å². The summed E-state index contributed by atoms with van der Waals surface area (Å²) < 4.78 is 38.4. The maximum atomic E-state index is 13.9. The average Bonchev–Trinajstić information content (AvgIpc) is 3.37. The number of rotatable bonds is 9. The molecule has 1 atom stereocenters. The zero-order chi connectivity index (χ0) is 27.4. The molecule has 4 rings (SSSR count). The number of anilines is 1. The second-order valence-electron chi connectivity index (χ2n) is 8.48. The lowest BCUT2D eigenvalue weighted by Gasteiger charge is -2.20. The molecule has 2 aromatic heterocycles. The Morgan fingerprint density at radius 1 is 1.03 bits per heavy atom. The number of methoxy groups -OCH3 is 2. The first kappa shape index (κ1) is 27.0. The third kappa shape index (κ3) is 5.32. The highest BCUT2D eigenvalue weighted by molar-refractivity contribution is 7.92. The summed E-state index contributed by atoms with van der Waals surface area (Å²) >= 11 is 1.29. The predicted octanol–water partition coefficient (Wildman–Crippen LogP) is 5.79. The van der Waals surface area contributed by atoms with E-state index in [9.17, 15) is 13.2 Å². The molecule has 196 valence electrons. The van der Waals surface area contributed by atoms with Crippen molar-refractivity contribution in [2.45, 2.75) is 24.0 Å². The molecule has 0 fully saturated rings. The zero-order valence-electron chi connectivity index (χ0n) is 21.4. The number of aromatic nitrogens is 2. The van der Waals surface area contributed by atoms with Crippen molar-refractivity contribution < 1.29 is 22.7 Å². The van der Waals surface area contributed by atoms with Crippen molar-refractivity contribution in [2.24, 2.45) is 0 Å². The fourth-order valence-corrected chi connectivity index (χ4v) is 7.02. The number of aryl methyl sites for hydroxylation is 2. The smallest absolute Gasteiger partial charge is 0.257 e. The van der Waals surface area contributed by atoms with Gasteiger partial charge in [-0.15, -0.1) is 17.9 Å². The van der Waals surface area contributed by atoms with Gasteiger partial charge in [0, 0.05) is 28.9 Å². The molecule has 1 N–H and O–H groups in total. The number of ether oxygens (including phenoxy) is 2. The number of hydrogen-bond acceptors (Lipinski definition) is 8. The number of benzene rings is 2. The van der Waals surface area contributed by atoms with Gasteiger partial charge in [0.2, 0.25) is 0 Å². The second-order valence-corrected chi connectivity index (χ2v) is 11.3. The lowest BCUT2D eigenvalue weighted by Crippen LogP contribution is -2.15. The number of pyridine rings is 1. The number of thiazole rings is 1. The van der Waals surface area contributed by atoms with Gasteiger partial charge in [-0.3, -0.25) is 15.1 Å². The Morgan fingerprint density at radius 2 is 1.68 bits per heavy atom. The second kappa shape index (κ2) is 11.2. The van der Waals surface area contributed by atoms with Crippen LogP contribution in [-0.4, -0.2) is 38.5 Å². The summed E-state index contributed by atoms with van der Waals surface area (Å²) in [4.78, 5) is 21.1. The maximum absolute atomic E-state index is 13.9. The van der Waals surface area contributed by atoms with Crippen molar-refractivity contribution in [3.05, 3.63) is 95.1 Å². The van der Waals surface area contributed by atoms with Crippen LogP contribution in [0.2, 0.25) is 0 Å². The SMILES string of the molecule is C=CC(c1ccc(OC)c(OC)c1)S(=O)(=O)c1c(C)cc(-c2csc(NC(=O)c3ccncc3)n2)cc1C. The first-order valence-electron chi connectivity index (χ1n) is 11.6. The lowest BCUT2D eigenvalue weighted by molar-refractivity contribution is 0.102. The Kier molecular flexibility index (Phi) is 7.94. The maximum Gasteiger partial charge on any atom is 0.257 e. The first-order valence-corrected chi connectivity index (χ1v) is 14.0. The summed E-state index contributed by atoms with van der Waals surface area (Å²) in [5.41, 5.74) is 3.56. The van der Waals surface area contributed by atoms with E-state index in [0.29, 0.717) is 44.6 Å². The van der Waals surface area contributed by atoms with Crippen molar-refractivity contribution in [1.29, 1.82) is 0 Å². The van der Waals surface area contributed by atoms with Gasteiger partial charge >= 0.3 is 0 Å². The zero-order valence-corrected chi connectivity index (χ0v) is 23.0. The molecule has 4 aromatic rings. The van der Waals surface area contributed by atoms with E-state index in [-0.39, 0.29) is 10.8 Å². The number of nitrogens with zero attached hydrogens (tertiary/aromatic N) is 2. The molecule has 0 aliphatic carbocycles. The summed E-state index contributed by atoms with van der Waals surface area (Å²) in [5, 5.41) is 4.06. The van der Waals surface area contributed by atoms with E-state index in [4.69, 9.17) is 9.47 Å². The van der Waals surface area contributed by atoms with Crippen molar-refractivity contribution in [3.63, 3.8) is 0 Å². The highest BCUT2D eigenvalue weighted by Crippen LogP contribution is 2.39. The molecule has 0 aliphatic rings. The van der Waals surface area contributed by atoms with Gasteiger partial charge in [-0.1, -0.05) is 12.1 Å². The molecular weight excluding hydrogens is 522 g/mol. The molecule has 2 heterocycles. The molecule has 0 saturated carbocycles. The minimum Gasteiger partial charge on any atom is -0.493 e. The van der Waals surface area contributed by atoms with E-state index in [1.54, 1.807) is 68.7 Å². The standard InChI is InChI=1S/C28H27N3O5S2/c1-6-25(20-7-8-23(35-4)24(15-20)36-5)38(33,34)26-17(2)13-21(14-18(26)3)22-16-37-28(30-22)31-27(32)19-9-11-29-12-10-19/h6-16,25H,1H2,2-5H3,(H,30,31,32). The van der Waals surface area contributed by atoms with Crippen LogP contribution in [0, 0.1) is 13.8 Å². The number of carbonyl (C=O) groups is 1. The van der Waals surface area contributed by atoms with Crippen molar-refractivity contribution in [3.8, 4) is 22.8 Å². The van der Waals surface area contributed by atoms with Gasteiger partial charge in [-0.2, -0.15) is 0 Å². The predicted molar refractivity (Wildman–Crippen MR) is 149 cm³/mol. The molecule has 1 amide bonds. The fraction of sp³-hybridized carbons (Fsp3) is 0.179. The molecule has 0 radical (unpaired) electrons. The molecule has 10 heteroatoms. The minimum absolute atomic E-state index is 0.238.